The first-order chi connectivity index (χ1) is 9.18. The molecule has 0 bridgehead atoms. The van der Waals surface area contributed by atoms with Crippen LogP contribution < -0.4 is 4.90 Å². The second kappa shape index (κ2) is 5.13. The summed E-state index contributed by atoms with van der Waals surface area (Å²) in [6, 6.07) is 6.31. The van der Waals surface area contributed by atoms with Gasteiger partial charge in [-0.05, 0) is 40.9 Å². The standard InChI is InChI=1S/C14H18BrN3O/c1-17(2)12-5-3-4-11-13(15)16-14(18(11)12)10-6-8-19-9-7-10/h3-5,10H,6-9H2,1-2H3. The molecular formula is C14H18BrN3O. The zero-order valence-corrected chi connectivity index (χ0v) is 12.9. The van der Waals surface area contributed by atoms with Gasteiger partial charge in [0.2, 0.25) is 0 Å². The Morgan fingerprint density at radius 3 is 2.74 bits per heavy atom. The first-order valence-corrected chi connectivity index (χ1v) is 7.39. The molecule has 2 aromatic rings. The average Bonchev–Trinajstić information content (AvgIpc) is 2.77. The van der Waals surface area contributed by atoms with Gasteiger partial charge in [0.1, 0.15) is 16.2 Å². The molecule has 0 N–H and O–H groups in total. The fraction of sp³-hybridized carbons (Fsp3) is 0.500. The Kier molecular flexibility index (Phi) is 3.50. The maximum Gasteiger partial charge on any atom is 0.132 e. The molecule has 102 valence electrons. The van der Waals surface area contributed by atoms with Crippen LogP contribution in [0.2, 0.25) is 0 Å². The quantitative estimate of drug-likeness (QED) is 0.850. The van der Waals surface area contributed by atoms with Crippen molar-refractivity contribution in [3.05, 3.63) is 28.6 Å². The van der Waals surface area contributed by atoms with Crippen molar-refractivity contribution in [3.8, 4) is 0 Å². The molecule has 0 unspecified atom stereocenters. The third-order valence-electron chi connectivity index (χ3n) is 3.67. The molecule has 1 fully saturated rings. The van der Waals surface area contributed by atoms with Gasteiger partial charge in [0.05, 0.1) is 5.52 Å². The summed E-state index contributed by atoms with van der Waals surface area (Å²) in [7, 11) is 4.13. The first kappa shape index (κ1) is 12.9. The first-order valence-electron chi connectivity index (χ1n) is 6.60. The monoisotopic (exact) mass is 323 g/mol. The average molecular weight is 324 g/mol. The third kappa shape index (κ3) is 2.25. The topological polar surface area (TPSA) is 29.8 Å². The van der Waals surface area contributed by atoms with Crippen LogP contribution in [0.3, 0.4) is 0 Å². The zero-order chi connectivity index (χ0) is 13.4. The SMILES string of the molecule is CN(C)c1cccc2c(Br)nc(C3CCOCC3)n12. The van der Waals surface area contributed by atoms with E-state index in [9.17, 15) is 0 Å². The highest BCUT2D eigenvalue weighted by molar-refractivity contribution is 9.10. The van der Waals surface area contributed by atoms with E-state index in [1.165, 1.54) is 0 Å². The van der Waals surface area contributed by atoms with E-state index in [-0.39, 0.29) is 0 Å². The van der Waals surface area contributed by atoms with Gasteiger partial charge < -0.3 is 9.64 Å². The van der Waals surface area contributed by atoms with E-state index in [4.69, 9.17) is 9.72 Å². The summed E-state index contributed by atoms with van der Waals surface area (Å²) >= 11 is 3.59. The number of imidazole rings is 1. The second-order valence-electron chi connectivity index (χ2n) is 5.15. The van der Waals surface area contributed by atoms with Gasteiger partial charge in [-0.2, -0.15) is 0 Å². The Bertz CT molecular complexity index is 588. The number of halogens is 1. The van der Waals surface area contributed by atoms with E-state index >= 15 is 0 Å². The molecule has 0 atom stereocenters. The van der Waals surface area contributed by atoms with Crippen molar-refractivity contribution in [2.75, 3.05) is 32.2 Å². The molecule has 4 nitrogen and oxygen atoms in total. The number of hydrogen-bond donors (Lipinski definition) is 0. The predicted octanol–water partition coefficient (Wildman–Crippen LogP) is 3.06. The van der Waals surface area contributed by atoms with Crippen molar-refractivity contribution in [2.24, 2.45) is 0 Å². The van der Waals surface area contributed by atoms with Crippen LogP contribution in [0.25, 0.3) is 5.52 Å². The maximum absolute atomic E-state index is 5.46. The Labute approximate surface area is 121 Å². The van der Waals surface area contributed by atoms with Gasteiger partial charge in [-0.15, -0.1) is 0 Å². The highest BCUT2D eigenvalue weighted by atomic mass is 79.9. The minimum absolute atomic E-state index is 0.480. The zero-order valence-electron chi connectivity index (χ0n) is 11.3. The van der Waals surface area contributed by atoms with Gasteiger partial charge in [0, 0.05) is 33.2 Å². The molecule has 2 aromatic heterocycles. The summed E-state index contributed by atoms with van der Waals surface area (Å²) in [5, 5.41) is 0. The van der Waals surface area contributed by atoms with Crippen LogP contribution >= 0.6 is 15.9 Å². The van der Waals surface area contributed by atoms with E-state index in [1.807, 2.05) is 0 Å². The van der Waals surface area contributed by atoms with Gasteiger partial charge in [-0.25, -0.2) is 4.98 Å². The number of pyridine rings is 1. The molecule has 0 spiro atoms. The largest absolute Gasteiger partial charge is 0.381 e. The number of anilines is 1. The molecule has 0 saturated carbocycles. The molecule has 0 aromatic carbocycles. The lowest BCUT2D eigenvalue weighted by Gasteiger charge is -2.23. The van der Waals surface area contributed by atoms with Gasteiger partial charge in [-0.3, -0.25) is 4.40 Å². The van der Waals surface area contributed by atoms with E-state index in [0.29, 0.717) is 5.92 Å². The summed E-state index contributed by atoms with van der Waals surface area (Å²) in [5.74, 6) is 2.79. The van der Waals surface area contributed by atoms with Crippen molar-refractivity contribution >= 4 is 27.3 Å². The molecule has 1 aliphatic heterocycles. The predicted molar refractivity (Wildman–Crippen MR) is 80.0 cm³/mol. The van der Waals surface area contributed by atoms with Gasteiger partial charge in [-0.1, -0.05) is 6.07 Å². The highest BCUT2D eigenvalue weighted by Gasteiger charge is 2.23. The van der Waals surface area contributed by atoms with Crippen LogP contribution in [0.4, 0.5) is 5.82 Å². The Balaban J connectivity index is 2.18. The van der Waals surface area contributed by atoms with Crippen LogP contribution in [0.1, 0.15) is 24.6 Å². The summed E-state index contributed by atoms with van der Waals surface area (Å²) in [5.41, 5.74) is 1.13. The molecule has 1 saturated heterocycles. The number of hydrogen-bond acceptors (Lipinski definition) is 3. The highest BCUT2D eigenvalue weighted by Crippen LogP contribution is 2.32. The van der Waals surface area contributed by atoms with Crippen LogP contribution in [-0.4, -0.2) is 36.7 Å². The van der Waals surface area contributed by atoms with Crippen LogP contribution in [0, 0.1) is 0 Å². The molecule has 19 heavy (non-hydrogen) atoms. The number of nitrogens with zero attached hydrogens (tertiary/aromatic N) is 3. The van der Waals surface area contributed by atoms with E-state index in [0.717, 1.165) is 47.8 Å². The van der Waals surface area contributed by atoms with Crippen molar-refractivity contribution < 1.29 is 4.74 Å². The van der Waals surface area contributed by atoms with Crippen molar-refractivity contribution in [3.63, 3.8) is 0 Å². The molecule has 3 rings (SSSR count). The van der Waals surface area contributed by atoms with Crippen molar-refractivity contribution in [1.29, 1.82) is 0 Å². The minimum Gasteiger partial charge on any atom is -0.381 e. The molecule has 3 heterocycles. The third-order valence-corrected chi connectivity index (χ3v) is 4.25. The lowest BCUT2D eigenvalue weighted by Crippen LogP contribution is -2.19. The fourth-order valence-corrected chi connectivity index (χ4v) is 3.18. The van der Waals surface area contributed by atoms with Crippen LogP contribution in [-0.2, 0) is 4.74 Å². The molecule has 0 aliphatic carbocycles. The summed E-state index contributed by atoms with van der Waals surface area (Å²) in [6.45, 7) is 1.67. The van der Waals surface area contributed by atoms with Crippen LogP contribution in [0.15, 0.2) is 22.8 Å². The fourth-order valence-electron chi connectivity index (χ4n) is 2.69. The number of aromatic nitrogens is 2. The van der Waals surface area contributed by atoms with Gasteiger partial charge in [0.15, 0.2) is 0 Å². The Morgan fingerprint density at radius 1 is 1.32 bits per heavy atom. The maximum atomic E-state index is 5.46. The molecule has 1 aliphatic rings. The van der Waals surface area contributed by atoms with Gasteiger partial charge >= 0.3 is 0 Å². The van der Waals surface area contributed by atoms with E-state index < -0.39 is 0 Å². The summed E-state index contributed by atoms with van der Waals surface area (Å²) in [6.07, 6.45) is 2.10. The Morgan fingerprint density at radius 2 is 2.05 bits per heavy atom. The molecular weight excluding hydrogens is 306 g/mol. The lowest BCUT2D eigenvalue weighted by molar-refractivity contribution is 0.0835. The number of fused-ring (bicyclic) bond motifs is 1. The molecule has 0 radical (unpaired) electrons. The normalized spacial score (nSPS) is 17.0. The number of ether oxygens (including phenoxy) is 1. The minimum atomic E-state index is 0.480. The molecule has 5 heteroatoms. The number of rotatable bonds is 2. The lowest BCUT2D eigenvalue weighted by atomic mass is 9.99. The smallest absolute Gasteiger partial charge is 0.132 e. The van der Waals surface area contributed by atoms with Crippen molar-refractivity contribution in [2.45, 2.75) is 18.8 Å². The van der Waals surface area contributed by atoms with E-state index in [1.54, 1.807) is 0 Å². The van der Waals surface area contributed by atoms with Gasteiger partial charge in [0.25, 0.3) is 0 Å². The van der Waals surface area contributed by atoms with E-state index in [2.05, 4.69) is 57.5 Å². The molecule has 0 amide bonds. The second-order valence-corrected chi connectivity index (χ2v) is 5.90. The van der Waals surface area contributed by atoms with Crippen molar-refractivity contribution in [1.82, 2.24) is 9.38 Å². The summed E-state index contributed by atoms with van der Waals surface area (Å²) in [4.78, 5) is 6.88. The Hall–Kier alpha value is -1.07. The summed E-state index contributed by atoms with van der Waals surface area (Å²) < 4.78 is 8.65. The van der Waals surface area contributed by atoms with Crippen LogP contribution in [0.5, 0.6) is 0 Å².